The molecule has 1 aromatic carbocycles. The second-order valence-corrected chi connectivity index (χ2v) is 8.35. The highest BCUT2D eigenvalue weighted by Gasteiger charge is 2.34. The fourth-order valence-electron chi connectivity index (χ4n) is 3.41. The van der Waals surface area contributed by atoms with Gasteiger partial charge < -0.3 is 4.90 Å². The van der Waals surface area contributed by atoms with Crippen molar-refractivity contribution < 1.29 is 13.3 Å². The highest BCUT2D eigenvalue weighted by molar-refractivity contribution is 7.89. The molecule has 10 nitrogen and oxygen atoms in total. The molecule has 0 bridgehead atoms. The van der Waals surface area contributed by atoms with Gasteiger partial charge in [0.05, 0.1) is 4.92 Å². The van der Waals surface area contributed by atoms with E-state index in [1.165, 1.54) is 28.6 Å². The largest absolute Gasteiger partial charge is 0.352 e. The number of para-hydroxylation sites is 1. The summed E-state index contributed by atoms with van der Waals surface area (Å²) < 4.78 is 28.8. The normalized spacial score (nSPS) is 15.3. The zero-order chi connectivity index (χ0) is 20.6. The molecule has 1 fully saturated rings. The van der Waals surface area contributed by atoms with E-state index in [9.17, 15) is 23.8 Å². The first kappa shape index (κ1) is 18.9. The van der Waals surface area contributed by atoms with Crippen LogP contribution < -0.4 is 4.90 Å². The number of fused-ring (bicyclic) bond motifs is 1. The Bertz CT molecular complexity index is 1240. The van der Waals surface area contributed by atoms with Crippen molar-refractivity contribution in [3.8, 4) is 6.07 Å². The molecule has 4 rings (SSSR count). The van der Waals surface area contributed by atoms with Gasteiger partial charge in [0.1, 0.15) is 11.7 Å². The van der Waals surface area contributed by atoms with Gasteiger partial charge >= 0.3 is 0 Å². The van der Waals surface area contributed by atoms with Crippen LogP contribution in [0.25, 0.3) is 5.65 Å². The van der Waals surface area contributed by atoms with Crippen molar-refractivity contribution in [3.63, 3.8) is 0 Å². The maximum absolute atomic E-state index is 13.0. The van der Waals surface area contributed by atoms with Gasteiger partial charge in [-0.3, -0.25) is 14.5 Å². The van der Waals surface area contributed by atoms with Crippen LogP contribution in [0, 0.1) is 21.4 Å². The van der Waals surface area contributed by atoms with Gasteiger partial charge in [0.2, 0.25) is 10.0 Å². The minimum Gasteiger partial charge on any atom is -0.352 e. The molecule has 29 heavy (non-hydrogen) atoms. The minimum atomic E-state index is -4.01. The number of imidazole rings is 1. The molecule has 3 heterocycles. The van der Waals surface area contributed by atoms with Crippen LogP contribution in [0.5, 0.6) is 0 Å². The number of piperazine rings is 1. The standard InChI is InChI=1S/C18H16N6O4S/c19-13-15-18(20-17-7-3-4-8-23(15)17)21-9-11-22(12-10-21)29(27,28)16-6-2-1-5-14(16)24(25)26/h1-8H,9-12H2. The number of nitro groups is 1. The van der Waals surface area contributed by atoms with Crippen molar-refractivity contribution in [2.24, 2.45) is 0 Å². The Morgan fingerprint density at radius 2 is 1.76 bits per heavy atom. The molecule has 1 aliphatic rings. The first-order valence-electron chi connectivity index (χ1n) is 8.79. The van der Waals surface area contributed by atoms with E-state index >= 15 is 0 Å². The molecule has 0 N–H and O–H groups in total. The fourth-order valence-corrected chi connectivity index (χ4v) is 4.99. The van der Waals surface area contributed by atoms with Gasteiger partial charge in [-0.05, 0) is 18.2 Å². The topological polar surface area (TPSA) is 125 Å². The quantitative estimate of drug-likeness (QED) is 0.471. The Balaban J connectivity index is 1.59. The second-order valence-electron chi connectivity index (χ2n) is 6.44. The smallest absolute Gasteiger partial charge is 0.289 e. The Morgan fingerprint density at radius 3 is 2.45 bits per heavy atom. The molecule has 0 radical (unpaired) electrons. The summed E-state index contributed by atoms with van der Waals surface area (Å²) in [7, 11) is -4.01. The summed E-state index contributed by atoms with van der Waals surface area (Å²) in [4.78, 5) is 16.6. The van der Waals surface area contributed by atoms with Gasteiger partial charge in [0.15, 0.2) is 16.4 Å². The molecule has 0 amide bonds. The molecule has 0 spiro atoms. The zero-order valence-electron chi connectivity index (χ0n) is 15.2. The number of nitro benzene ring substituents is 1. The molecule has 11 heteroatoms. The summed E-state index contributed by atoms with van der Waals surface area (Å²) >= 11 is 0. The van der Waals surface area contributed by atoms with Crippen molar-refractivity contribution in [1.82, 2.24) is 13.7 Å². The Labute approximate surface area is 166 Å². The van der Waals surface area contributed by atoms with E-state index in [1.807, 2.05) is 11.0 Å². The predicted octanol–water partition coefficient (Wildman–Crippen LogP) is 1.63. The number of nitrogens with zero attached hydrogens (tertiary/aromatic N) is 6. The summed E-state index contributed by atoms with van der Waals surface area (Å²) in [5.41, 5.74) is 0.576. The van der Waals surface area contributed by atoms with Crippen LogP contribution in [0.4, 0.5) is 11.5 Å². The van der Waals surface area contributed by atoms with Gasteiger partial charge in [0, 0.05) is 38.4 Å². The molecular formula is C18H16N6O4S. The van der Waals surface area contributed by atoms with Crippen LogP contribution in [0.1, 0.15) is 5.69 Å². The van der Waals surface area contributed by atoms with E-state index in [1.54, 1.807) is 22.7 Å². The molecule has 1 saturated heterocycles. The van der Waals surface area contributed by atoms with E-state index in [2.05, 4.69) is 11.1 Å². The van der Waals surface area contributed by atoms with E-state index in [0.717, 1.165) is 0 Å². The van der Waals surface area contributed by atoms with Crippen LogP contribution >= 0.6 is 0 Å². The van der Waals surface area contributed by atoms with E-state index in [4.69, 9.17) is 0 Å². The van der Waals surface area contributed by atoms with E-state index in [-0.39, 0.29) is 18.0 Å². The molecule has 0 saturated carbocycles. The SMILES string of the molecule is N#Cc1c(N2CCN(S(=O)(=O)c3ccccc3[N+](=O)[O-])CC2)nc2ccccn12. The van der Waals surface area contributed by atoms with Gasteiger partial charge in [-0.2, -0.15) is 9.57 Å². The van der Waals surface area contributed by atoms with Crippen molar-refractivity contribution in [3.05, 3.63) is 64.5 Å². The third-order valence-electron chi connectivity index (χ3n) is 4.84. The minimum absolute atomic E-state index is 0.132. The summed E-state index contributed by atoms with van der Waals surface area (Å²) in [6.45, 7) is 0.900. The number of hydrogen-bond donors (Lipinski definition) is 0. The summed E-state index contributed by atoms with van der Waals surface area (Å²) in [5, 5.41) is 20.8. The Hall–Kier alpha value is -3.49. The fraction of sp³-hybridized carbons (Fsp3) is 0.222. The number of sulfonamides is 1. The van der Waals surface area contributed by atoms with Crippen molar-refractivity contribution in [2.45, 2.75) is 4.90 Å². The maximum Gasteiger partial charge on any atom is 0.289 e. The number of aromatic nitrogens is 2. The Morgan fingerprint density at radius 1 is 1.07 bits per heavy atom. The van der Waals surface area contributed by atoms with Crippen LogP contribution in [-0.4, -0.2) is 53.2 Å². The van der Waals surface area contributed by atoms with Crippen molar-refractivity contribution >= 4 is 27.2 Å². The highest BCUT2D eigenvalue weighted by Crippen LogP contribution is 2.28. The Kier molecular flexibility index (Phi) is 4.65. The number of nitriles is 1. The number of anilines is 1. The van der Waals surface area contributed by atoms with E-state index < -0.39 is 20.6 Å². The first-order chi connectivity index (χ1) is 13.9. The summed E-state index contributed by atoms with van der Waals surface area (Å²) in [5.74, 6) is 0.501. The molecule has 3 aromatic rings. The molecule has 2 aromatic heterocycles. The lowest BCUT2D eigenvalue weighted by Crippen LogP contribution is -2.49. The number of pyridine rings is 1. The van der Waals surface area contributed by atoms with Crippen molar-refractivity contribution in [2.75, 3.05) is 31.1 Å². The van der Waals surface area contributed by atoms with E-state index in [0.29, 0.717) is 30.2 Å². The van der Waals surface area contributed by atoms with Gasteiger partial charge in [-0.25, -0.2) is 13.4 Å². The first-order valence-corrected chi connectivity index (χ1v) is 10.2. The lowest BCUT2D eigenvalue weighted by atomic mass is 10.3. The van der Waals surface area contributed by atoms with Crippen molar-refractivity contribution in [1.29, 1.82) is 5.26 Å². The van der Waals surface area contributed by atoms with Crippen LogP contribution in [0.3, 0.4) is 0 Å². The average molecular weight is 412 g/mol. The zero-order valence-corrected chi connectivity index (χ0v) is 16.0. The lowest BCUT2D eigenvalue weighted by molar-refractivity contribution is -0.387. The third kappa shape index (κ3) is 3.18. The number of rotatable bonds is 4. The molecule has 0 atom stereocenters. The lowest BCUT2D eigenvalue weighted by Gasteiger charge is -2.34. The van der Waals surface area contributed by atoms with Gasteiger partial charge in [0.25, 0.3) is 5.69 Å². The third-order valence-corrected chi connectivity index (χ3v) is 6.78. The second kappa shape index (κ2) is 7.16. The van der Waals surface area contributed by atoms with Gasteiger partial charge in [-0.1, -0.05) is 18.2 Å². The number of hydrogen-bond acceptors (Lipinski definition) is 7. The highest BCUT2D eigenvalue weighted by atomic mass is 32.2. The predicted molar refractivity (Wildman–Crippen MR) is 104 cm³/mol. The molecule has 1 aliphatic heterocycles. The summed E-state index contributed by atoms with van der Waals surface area (Å²) in [6, 6.07) is 12.9. The average Bonchev–Trinajstić information content (AvgIpc) is 3.12. The molecular weight excluding hydrogens is 396 g/mol. The monoisotopic (exact) mass is 412 g/mol. The van der Waals surface area contributed by atoms with Crippen LogP contribution in [0.2, 0.25) is 0 Å². The molecule has 0 aliphatic carbocycles. The molecule has 0 unspecified atom stereocenters. The number of benzene rings is 1. The van der Waals surface area contributed by atoms with Crippen LogP contribution in [-0.2, 0) is 10.0 Å². The maximum atomic E-state index is 13.0. The summed E-state index contributed by atoms with van der Waals surface area (Å²) in [6.07, 6.45) is 1.75. The van der Waals surface area contributed by atoms with Gasteiger partial charge in [-0.15, -0.1) is 0 Å². The molecule has 148 valence electrons. The van der Waals surface area contributed by atoms with Crippen LogP contribution in [0.15, 0.2) is 53.6 Å².